The number of hydrogen-bond donors (Lipinski definition) is 1. The average Bonchev–Trinajstić information content (AvgIpc) is 2.56. The Labute approximate surface area is 131 Å². The van der Waals surface area contributed by atoms with Gasteiger partial charge in [-0.15, -0.1) is 0 Å². The number of rotatable bonds is 7. The normalized spacial score (nSPS) is 10.1. The maximum atomic E-state index is 12.1. The molecule has 2 rings (SSSR count). The molecule has 0 atom stereocenters. The Hall–Kier alpha value is -2.49. The quantitative estimate of drug-likeness (QED) is 0.854. The van der Waals surface area contributed by atoms with Crippen molar-refractivity contribution in [2.45, 2.75) is 13.3 Å². The summed E-state index contributed by atoms with van der Waals surface area (Å²) in [5.74, 6) is 1.46. The maximum Gasteiger partial charge on any atom is 0.251 e. The van der Waals surface area contributed by atoms with Gasteiger partial charge in [-0.1, -0.05) is 18.2 Å². The van der Waals surface area contributed by atoms with Crippen molar-refractivity contribution in [1.29, 1.82) is 0 Å². The van der Waals surface area contributed by atoms with E-state index in [4.69, 9.17) is 9.47 Å². The Morgan fingerprint density at radius 2 is 1.86 bits per heavy atom. The second-order valence-electron chi connectivity index (χ2n) is 4.81. The SMILES string of the molecule is CCOc1cccc(C(=O)NCCc2ccc(OC)cc2)c1. The minimum Gasteiger partial charge on any atom is -0.497 e. The van der Waals surface area contributed by atoms with Gasteiger partial charge in [0.05, 0.1) is 13.7 Å². The molecule has 0 fully saturated rings. The van der Waals surface area contributed by atoms with Crippen LogP contribution in [0.4, 0.5) is 0 Å². The lowest BCUT2D eigenvalue weighted by Crippen LogP contribution is -2.25. The summed E-state index contributed by atoms with van der Waals surface area (Å²) in [6.07, 6.45) is 0.779. The van der Waals surface area contributed by atoms with Gasteiger partial charge in [-0.3, -0.25) is 4.79 Å². The molecule has 0 bridgehead atoms. The standard InChI is InChI=1S/C18H21NO3/c1-3-22-17-6-4-5-15(13-17)18(20)19-12-11-14-7-9-16(21-2)10-8-14/h4-10,13H,3,11-12H2,1-2H3,(H,19,20). The van der Waals surface area contributed by atoms with E-state index in [9.17, 15) is 4.79 Å². The molecule has 4 nitrogen and oxygen atoms in total. The van der Waals surface area contributed by atoms with Gasteiger partial charge >= 0.3 is 0 Å². The van der Waals surface area contributed by atoms with E-state index >= 15 is 0 Å². The van der Waals surface area contributed by atoms with Crippen LogP contribution in [0.5, 0.6) is 11.5 Å². The first kappa shape index (κ1) is 15.9. The molecule has 0 spiro atoms. The van der Waals surface area contributed by atoms with Crippen LogP contribution in [-0.2, 0) is 6.42 Å². The number of amides is 1. The Bertz CT molecular complexity index is 608. The van der Waals surface area contributed by atoms with Crippen molar-refractivity contribution in [2.24, 2.45) is 0 Å². The molecule has 1 N–H and O–H groups in total. The average molecular weight is 299 g/mol. The van der Waals surface area contributed by atoms with E-state index in [1.165, 1.54) is 0 Å². The topological polar surface area (TPSA) is 47.6 Å². The molecule has 0 aliphatic carbocycles. The van der Waals surface area contributed by atoms with E-state index < -0.39 is 0 Å². The Morgan fingerprint density at radius 3 is 2.55 bits per heavy atom. The third-order valence-corrected chi connectivity index (χ3v) is 3.27. The lowest BCUT2D eigenvalue weighted by molar-refractivity contribution is 0.0953. The van der Waals surface area contributed by atoms with Crippen molar-refractivity contribution in [2.75, 3.05) is 20.3 Å². The first-order chi connectivity index (χ1) is 10.7. The Balaban J connectivity index is 1.85. The summed E-state index contributed by atoms with van der Waals surface area (Å²) in [6.45, 7) is 3.09. The summed E-state index contributed by atoms with van der Waals surface area (Å²) >= 11 is 0. The van der Waals surface area contributed by atoms with Gasteiger partial charge < -0.3 is 14.8 Å². The molecule has 0 radical (unpaired) electrons. The molecular formula is C18H21NO3. The molecule has 0 saturated heterocycles. The van der Waals surface area contributed by atoms with Gasteiger partial charge in [0, 0.05) is 12.1 Å². The number of carbonyl (C=O) groups excluding carboxylic acids is 1. The molecule has 116 valence electrons. The Kier molecular flexibility index (Phi) is 5.83. The van der Waals surface area contributed by atoms with Gasteiger partial charge in [0.25, 0.3) is 5.91 Å². The molecule has 0 aliphatic rings. The van der Waals surface area contributed by atoms with Crippen LogP contribution in [0.25, 0.3) is 0 Å². The first-order valence-corrected chi connectivity index (χ1v) is 7.37. The molecule has 0 aromatic heterocycles. The number of nitrogens with one attached hydrogen (secondary N) is 1. The van der Waals surface area contributed by atoms with E-state index in [1.807, 2.05) is 43.3 Å². The number of carbonyl (C=O) groups is 1. The predicted octanol–water partition coefficient (Wildman–Crippen LogP) is 3.07. The lowest BCUT2D eigenvalue weighted by atomic mass is 10.1. The van der Waals surface area contributed by atoms with Gasteiger partial charge in [0.1, 0.15) is 11.5 Å². The van der Waals surface area contributed by atoms with E-state index in [1.54, 1.807) is 19.2 Å². The van der Waals surface area contributed by atoms with Crippen LogP contribution in [0.1, 0.15) is 22.8 Å². The minimum absolute atomic E-state index is 0.0879. The van der Waals surface area contributed by atoms with Gasteiger partial charge in [-0.05, 0) is 49.2 Å². The molecule has 2 aromatic carbocycles. The molecule has 0 unspecified atom stereocenters. The van der Waals surface area contributed by atoms with Crippen LogP contribution >= 0.6 is 0 Å². The second kappa shape index (κ2) is 8.08. The van der Waals surface area contributed by atoms with Crippen LogP contribution in [0.2, 0.25) is 0 Å². The second-order valence-corrected chi connectivity index (χ2v) is 4.81. The predicted molar refractivity (Wildman–Crippen MR) is 86.6 cm³/mol. The van der Waals surface area contributed by atoms with Crippen molar-refractivity contribution in [3.63, 3.8) is 0 Å². The zero-order valence-corrected chi connectivity index (χ0v) is 13.0. The fraction of sp³-hybridized carbons (Fsp3) is 0.278. The number of ether oxygens (including phenoxy) is 2. The molecule has 4 heteroatoms. The van der Waals surface area contributed by atoms with Crippen molar-refractivity contribution >= 4 is 5.91 Å². The van der Waals surface area contributed by atoms with E-state index in [0.29, 0.717) is 24.5 Å². The number of benzene rings is 2. The third kappa shape index (κ3) is 4.52. The summed E-state index contributed by atoms with van der Waals surface area (Å²) in [6, 6.07) is 15.0. The molecule has 0 saturated carbocycles. The van der Waals surface area contributed by atoms with Crippen molar-refractivity contribution < 1.29 is 14.3 Å². The molecular weight excluding hydrogens is 278 g/mol. The van der Waals surface area contributed by atoms with Crippen LogP contribution in [0.15, 0.2) is 48.5 Å². The summed E-state index contributed by atoms with van der Waals surface area (Å²) < 4.78 is 10.5. The van der Waals surface area contributed by atoms with E-state index in [0.717, 1.165) is 17.7 Å². The number of hydrogen-bond acceptors (Lipinski definition) is 3. The maximum absolute atomic E-state index is 12.1. The Morgan fingerprint density at radius 1 is 1.09 bits per heavy atom. The molecule has 22 heavy (non-hydrogen) atoms. The lowest BCUT2D eigenvalue weighted by Gasteiger charge is -2.08. The zero-order chi connectivity index (χ0) is 15.8. The highest BCUT2D eigenvalue weighted by Crippen LogP contribution is 2.13. The fourth-order valence-electron chi connectivity index (χ4n) is 2.11. The largest absolute Gasteiger partial charge is 0.497 e. The highest BCUT2D eigenvalue weighted by atomic mass is 16.5. The molecule has 2 aromatic rings. The van der Waals surface area contributed by atoms with Crippen molar-refractivity contribution in [1.82, 2.24) is 5.32 Å². The van der Waals surface area contributed by atoms with Crippen molar-refractivity contribution in [3.8, 4) is 11.5 Å². The zero-order valence-electron chi connectivity index (χ0n) is 13.0. The van der Waals surface area contributed by atoms with Crippen LogP contribution in [0.3, 0.4) is 0 Å². The van der Waals surface area contributed by atoms with Crippen LogP contribution in [0, 0.1) is 0 Å². The van der Waals surface area contributed by atoms with Gasteiger partial charge in [-0.2, -0.15) is 0 Å². The summed E-state index contributed by atoms with van der Waals surface area (Å²) in [5, 5.41) is 2.92. The fourth-order valence-corrected chi connectivity index (χ4v) is 2.11. The van der Waals surface area contributed by atoms with Gasteiger partial charge in [-0.25, -0.2) is 0 Å². The molecule has 1 amide bonds. The molecule has 0 aliphatic heterocycles. The highest BCUT2D eigenvalue weighted by molar-refractivity contribution is 5.94. The first-order valence-electron chi connectivity index (χ1n) is 7.37. The third-order valence-electron chi connectivity index (χ3n) is 3.27. The summed E-state index contributed by atoms with van der Waals surface area (Å²) in [4.78, 5) is 12.1. The summed E-state index contributed by atoms with van der Waals surface area (Å²) in [7, 11) is 1.64. The monoisotopic (exact) mass is 299 g/mol. The van der Waals surface area contributed by atoms with E-state index in [2.05, 4.69) is 5.32 Å². The number of methoxy groups -OCH3 is 1. The van der Waals surface area contributed by atoms with Crippen LogP contribution in [-0.4, -0.2) is 26.2 Å². The highest BCUT2D eigenvalue weighted by Gasteiger charge is 2.06. The smallest absolute Gasteiger partial charge is 0.251 e. The minimum atomic E-state index is -0.0879. The van der Waals surface area contributed by atoms with Crippen molar-refractivity contribution in [3.05, 3.63) is 59.7 Å². The van der Waals surface area contributed by atoms with Gasteiger partial charge in [0.2, 0.25) is 0 Å². The van der Waals surface area contributed by atoms with Crippen LogP contribution < -0.4 is 14.8 Å². The van der Waals surface area contributed by atoms with Gasteiger partial charge in [0.15, 0.2) is 0 Å². The van der Waals surface area contributed by atoms with E-state index in [-0.39, 0.29) is 5.91 Å². The summed E-state index contributed by atoms with van der Waals surface area (Å²) in [5.41, 5.74) is 1.77. The molecule has 0 heterocycles.